The summed E-state index contributed by atoms with van der Waals surface area (Å²) in [6.45, 7) is 6.57. The number of aliphatic hydroxyl groups excluding tert-OH is 2. The molecule has 0 spiro atoms. The van der Waals surface area contributed by atoms with Crippen molar-refractivity contribution in [3.8, 4) is 0 Å². The molecule has 0 aliphatic heterocycles. The number of aliphatic hydroxyl groups is 2. The van der Waals surface area contributed by atoms with Crippen LogP contribution in [-0.2, 0) is 0 Å². The van der Waals surface area contributed by atoms with Gasteiger partial charge < -0.3 is 10.2 Å². The molecule has 1 saturated carbocycles. The number of rotatable bonds is 4. The molecule has 2 heteroatoms. The van der Waals surface area contributed by atoms with E-state index in [4.69, 9.17) is 5.11 Å². The van der Waals surface area contributed by atoms with E-state index in [0.717, 1.165) is 12.8 Å². The Morgan fingerprint density at radius 2 is 1.92 bits per heavy atom. The average molecular weight is 172 g/mol. The molecule has 0 aromatic heterocycles. The van der Waals surface area contributed by atoms with E-state index >= 15 is 0 Å². The van der Waals surface area contributed by atoms with Crippen molar-refractivity contribution in [3.63, 3.8) is 0 Å². The van der Waals surface area contributed by atoms with Gasteiger partial charge in [-0.15, -0.1) is 0 Å². The Morgan fingerprint density at radius 1 is 1.33 bits per heavy atom. The zero-order valence-electron chi connectivity index (χ0n) is 8.25. The zero-order chi connectivity index (χ0) is 9.35. The molecular weight excluding hydrogens is 152 g/mol. The summed E-state index contributed by atoms with van der Waals surface area (Å²) in [6, 6.07) is 0. The van der Waals surface area contributed by atoms with Gasteiger partial charge in [-0.3, -0.25) is 0 Å². The molecule has 0 heterocycles. The molecule has 0 bridgehead atoms. The van der Waals surface area contributed by atoms with Gasteiger partial charge in [-0.1, -0.05) is 13.8 Å². The quantitative estimate of drug-likeness (QED) is 0.673. The molecule has 0 radical (unpaired) electrons. The van der Waals surface area contributed by atoms with Crippen molar-refractivity contribution in [1.29, 1.82) is 0 Å². The highest BCUT2D eigenvalue weighted by atomic mass is 16.3. The van der Waals surface area contributed by atoms with Crippen molar-refractivity contribution in [1.82, 2.24) is 0 Å². The second kappa shape index (κ2) is 3.35. The molecule has 0 saturated heterocycles. The fraction of sp³-hybridized carbons (Fsp3) is 1.00. The topological polar surface area (TPSA) is 40.5 Å². The third kappa shape index (κ3) is 1.80. The minimum atomic E-state index is -0.196. The number of hydrogen-bond donors (Lipinski definition) is 2. The fourth-order valence-corrected chi connectivity index (χ4v) is 2.41. The molecule has 2 nitrogen and oxygen atoms in total. The van der Waals surface area contributed by atoms with Gasteiger partial charge in [0.05, 0.1) is 6.10 Å². The van der Waals surface area contributed by atoms with Crippen LogP contribution >= 0.6 is 0 Å². The molecule has 12 heavy (non-hydrogen) atoms. The highest BCUT2D eigenvalue weighted by Crippen LogP contribution is 2.61. The van der Waals surface area contributed by atoms with Crippen molar-refractivity contribution in [3.05, 3.63) is 0 Å². The van der Waals surface area contributed by atoms with Crippen molar-refractivity contribution in [2.45, 2.75) is 39.7 Å². The maximum Gasteiger partial charge on any atom is 0.0515 e. The molecule has 0 aromatic carbocycles. The summed E-state index contributed by atoms with van der Waals surface area (Å²) >= 11 is 0. The second-order valence-corrected chi connectivity index (χ2v) is 4.63. The van der Waals surface area contributed by atoms with E-state index in [9.17, 15) is 5.11 Å². The first-order valence-corrected chi connectivity index (χ1v) is 4.79. The van der Waals surface area contributed by atoms with E-state index in [-0.39, 0.29) is 12.7 Å². The van der Waals surface area contributed by atoms with E-state index in [1.54, 1.807) is 0 Å². The van der Waals surface area contributed by atoms with Crippen LogP contribution < -0.4 is 0 Å². The third-order valence-electron chi connectivity index (χ3n) is 3.32. The smallest absolute Gasteiger partial charge is 0.0515 e. The van der Waals surface area contributed by atoms with Crippen LogP contribution in [0.15, 0.2) is 0 Å². The van der Waals surface area contributed by atoms with Crippen LogP contribution in [0.25, 0.3) is 0 Å². The Hall–Kier alpha value is -0.0800. The van der Waals surface area contributed by atoms with Crippen molar-refractivity contribution in [2.24, 2.45) is 17.3 Å². The average Bonchev–Trinajstić information content (AvgIpc) is 2.39. The summed E-state index contributed by atoms with van der Waals surface area (Å²) in [7, 11) is 0. The van der Waals surface area contributed by atoms with Gasteiger partial charge >= 0.3 is 0 Å². The lowest BCUT2D eigenvalue weighted by Gasteiger charge is -2.04. The monoisotopic (exact) mass is 172 g/mol. The Balaban J connectivity index is 2.37. The molecular formula is C10H20O2. The minimum absolute atomic E-state index is 0.196. The Morgan fingerprint density at radius 3 is 2.33 bits per heavy atom. The summed E-state index contributed by atoms with van der Waals surface area (Å²) in [5.74, 6) is 1.24. The predicted molar refractivity (Wildman–Crippen MR) is 48.8 cm³/mol. The van der Waals surface area contributed by atoms with Crippen molar-refractivity contribution < 1.29 is 10.2 Å². The largest absolute Gasteiger partial charge is 0.396 e. The molecule has 0 aromatic rings. The van der Waals surface area contributed by atoms with Crippen LogP contribution in [0.5, 0.6) is 0 Å². The van der Waals surface area contributed by atoms with Gasteiger partial charge in [0.2, 0.25) is 0 Å². The van der Waals surface area contributed by atoms with Gasteiger partial charge in [0.25, 0.3) is 0 Å². The summed E-state index contributed by atoms with van der Waals surface area (Å²) in [5, 5.41) is 18.0. The molecule has 1 fully saturated rings. The maximum absolute atomic E-state index is 9.22. The summed E-state index contributed by atoms with van der Waals surface area (Å²) < 4.78 is 0. The SMILES string of the molecule is C[C@@H](O)C[C@H]1[C@@H](CCO)C1(C)C. The second-order valence-electron chi connectivity index (χ2n) is 4.63. The Bertz CT molecular complexity index is 152. The maximum atomic E-state index is 9.22. The van der Waals surface area contributed by atoms with Crippen LogP contribution in [-0.4, -0.2) is 22.9 Å². The van der Waals surface area contributed by atoms with E-state index in [0.29, 0.717) is 17.3 Å². The highest BCUT2D eigenvalue weighted by Gasteiger charge is 2.56. The van der Waals surface area contributed by atoms with Crippen LogP contribution in [0.2, 0.25) is 0 Å². The summed E-state index contributed by atoms with van der Waals surface area (Å²) in [6.07, 6.45) is 1.58. The predicted octanol–water partition coefficient (Wildman–Crippen LogP) is 1.41. The first-order chi connectivity index (χ1) is 5.50. The van der Waals surface area contributed by atoms with E-state index in [2.05, 4.69) is 13.8 Å². The minimum Gasteiger partial charge on any atom is -0.396 e. The molecule has 0 unspecified atom stereocenters. The summed E-state index contributed by atoms with van der Waals surface area (Å²) in [5.41, 5.74) is 0.347. The Kier molecular flexibility index (Phi) is 2.79. The molecule has 0 amide bonds. The Labute approximate surface area is 74.6 Å². The number of hydrogen-bond acceptors (Lipinski definition) is 2. The lowest BCUT2D eigenvalue weighted by atomic mass is 10.1. The zero-order valence-corrected chi connectivity index (χ0v) is 8.25. The molecule has 1 aliphatic carbocycles. The molecule has 1 aliphatic rings. The van der Waals surface area contributed by atoms with Gasteiger partial charge in [0.15, 0.2) is 0 Å². The van der Waals surface area contributed by atoms with E-state index in [1.165, 1.54) is 0 Å². The van der Waals surface area contributed by atoms with Crippen LogP contribution in [0.4, 0.5) is 0 Å². The van der Waals surface area contributed by atoms with Gasteiger partial charge in [-0.05, 0) is 37.0 Å². The van der Waals surface area contributed by atoms with E-state index in [1.807, 2.05) is 6.92 Å². The van der Waals surface area contributed by atoms with Crippen molar-refractivity contribution in [2.75, 3.05) is 6.61 Å². The van der Waals surface area contributed by atoms with Gasteiger partial charge in [-0.2, -0.15) is 0 Å². The molecule has 3 atom stereocenters. The fourth-order valence-electron chi connectivity index (χ4n) is 2.41. The van der Waals surface area contributed by atoms with Crippen molar-refractivity contribution >= 4 is 0 Å². The third-order valence-corrected chi connectivity index (χ3v) is 3.32. The highest BCUT2D eigenvalue weighted by molar-refractivity contribution is 5.04. The first-order valence-electron chi connectivity index (χ1n) is 4.79. The van der Waals surface area contributed by atoms with Gasteiger partial charge in [0.1, 0.15) is 0 Å². The molecule has 72 valence electrons. The molecule has 1 rings (SSSR count). The van der Waals surface area contributed by atoms with E-state index < -0.39 is 0 Å². The van der Waals surface area contributed by atoms with Crippen LogP contribution in [0.3, 0.4) is 0 Å². The lowest BCUT2D eigenvalue weighted by Crippen LogP contribution is -2.03. The van der Waals surface area contributed by atoms with Gasteiger partial charge in [0, 0.05) is 6.61 Å². The van der Waals surface area contributed by atoms with Gasteiger partial charge in [-0.25, -0.2) is 0 Å². The normalized spacial score (nSPS) is 34.8. The molecule has 2 N–H and O–H groups in total. The van der Waals surface area contributed by atoms with Crippen LogP contribution in [0.1, 0.15) is 33.6 Å². The summed E-state index contributed by atoms with van der Waals surface area (Å²) in [4.78, 5) is 0. The lowest BCUT2D eigenvalue weighted by molar-refractivity contribution is 0.169. The van der Waals surface area contributed by atoms with Crippen LogP contribution in [0, 0.1) is 17.3 Å². The standard InChI is InChI=1S/C10H20O2/c1-7(12)6-9-8(4-5-11)10(9,2)3/h7-9,11-12H,4-6H2,1-3H3/t7-,8-,9+/m1/s1. The first kappa shape index (κ1) is 10.0.